The zero-order valence-corrected chi connectivity index (χ0v) is 20.6. The number of carboxylic acids is 1. The first-order chi connectivity index (χ1) is 18.0. The summed E-state index contributed by atoms with van der Waals surface area (Å²) >= 11 is 0. The van der Waals surface area contributed by atoms with Gasteiger partial charge in [0.05, 0.1) is 13.0 Å². The molecule has 0 spiro atoms. The van der Waals surface area contributed by atoms with Crippen molar-refractivity contribution < 1.29 is 33.9 Å². The maximum Gasteiger partial charge on any atom is 0.305 e. The lowest BCUT2D eigenvalue weighted by molar-refractivity contribution is -0.140. The van der Waals surface area contributed by atoms with Crippen LogP contribution in [0.1, 0.15) is 41.6 Å². The lowest BCUT2D eigenvalue weighted by Gasteiger charge is -2.20. The molecule has 0 aliphatic carbocycles. The molecule has 15 nitrogen and oxygen atoms in total. The van der Waals surface area contributed by atoms with Crippen LogP contribution in [0.5, 0.6) is 0 Å². The third-order valence-corrected chi connectivity index (χ3v) is 5.37. The van der Waals surface area contributed by atoms with E-state index in [1.54, 1.807) is 12.1 Å². The summed E-state index contributed by atoms with van der Waals surface area (Å²) in [5.74, 6) is -4.60. The molecule has 2 atom stereocenters. The number of hydrogen-bond donors (Lipinski definition) is 8. The highest BCUT2D eigenvalue weighted by Crippen LogP contribution is 2.06. The van der Waals surface area contributed by atoms with E-state index in [4.69, 9.17) is 16.6 Å². The van der Waals surface area contributed by atoms with Gasteiger partial charge in [-0.1, -0.05) is 12.1 Å². The highest BCUT2D eigenvalue weighted by Gasteiger charge is 2.25. The minimum Gasteiger partial charge on any atom is -0.481 e. The molecule has 0 saturated carbocycles. The summed E-state index contributed by atoms with van der Waals surface area (Å²) < 4.78 is 0. The molecule has 38 heavy (non-hydrogen) atoms. The maximum absolute atomic E-state index is 12.7. The van der Waals surface area contributed by atoms with Gasteiger partial charge in [0.2, 0.25) is 23.6 Å². The molecule has 206 valence electrons. The number of hydrogen-bond acceptors (Lipinski definition) is 7. The monoisotopic (exact) mass is 532 g/mol. The van der Waals surface area contributed by atoms with E-state index in [-0.39, 0.29) is 38.4 Å². The third kappa shape index (κ3) is 10.5. The summed E-state index contributed by atoms with van der Waals surface area (Å²) in [5, 5.41) is 21.5. The number of benzene rings is 1. The van der Waals surface area contributed by atoms with E-state index in [0.717, 1.165) is 0 Å². The molecule has 0 radical (unpaired) electrons. The lowest BCUT2D eigenvalue weighted by atomic mass is 10.1. The topological polar surface area (TPSA) is 247 Å². The zero-order chi connectivity index (χ0) is 28.1. The maximum atomic E-state index is 12.7. The first kappa shape index (κ1) is 29.5. The van der Waals surface area contributed by atoms with Gasteiger partial charge in [0, 0.05) is 31.6 Å². The number of carbonyl (C=O) groups is 6. The molecule has 2 aliphatic rings. The van der Waals surface area contributed by atoms with Crippen molar-refractivity contribution in [2.24, 2.45) is 16.5 Å². The summed E-state index contributed by atoms with van der Waals surface area (Å²) in [6, 6.07) is 3.82. The van der Waals surface area contributed by atoms with Gasteiger partial charge in [0.15, 0.2) is 5.96 Å². The third-order valence-electron chi connectivity index (χ3n) is 5.37. The second-order valence-corrected chi connectivity index (χ2v) is 8.43. The molecule has 10 N–H and O–H groups in total. The van der Waals surface area contributed by atoms with Crippen LogP contribution < -0.4 is 38.1 Å². The van der Waals surface area contributed by atoms with Gasteiger partial charge in [-0.15, -0.1) is 0 Å². The van der Waals surface area contributed by atoms with Crippen LogP contribution in [0.4, 0.5) is 0 Å². The van der Waals surface area contributed by atoms with Crippen LogP contribution in [-0.2, 0) is 30.5 Å². The van der Waals surface area contributed by atoms with Crippen molar-refractivity contribution in [2.75, 3.05) is 19.6 Å². The molecular formula is C23H32N8O7. The van der Waals surface area contributed by atoms with Gasteiger partial charge in [-0.2, -0.15) is 0 Å². The second-order valence-electron chi connectivity index (χ2n) is 8.43. The number of nitrogens with zero attached hydrogens (tertiary/aromatic N) is 1. The standard InChI is InChI=1S/C23H32N8O7/c24-23(25)27-8-1-2-15-21(37)29-12-18(33)31-16(10-19(34)35)22(38)28-11-13-3-5-14(6-4-13)20(36)26-9-7-17(32)30-15/h3-6,15-16H,1-2,7-12H2,(H,26,36)(H,28,38)(H,29,37)(H,30,32)(H,31,33)(H,34,35)(H4,24,25,27)/t15-,16+/m0/s1. The van der Waals surface area contributed by atoms with Gasteiger partial charge in [0.1, 0.15) is 12.1 Å². The number of carboxylic acid groups (broad SMARTS) is 1. The van der Waals surface area contributed by atoms with Crippen molar-refractivity contribution in [2.45, 2.75) is 44.3 Å². The first-order valence-corrected chi connectivity index (χ1v) is 11.8. The van der Waals surface area contributed by atoms with Gasteiger partial charge in [-0.3, -0.25) is 33.8 Å². The Morgan fingerprint density at radius 2 is 1.53 bits per heavy atom. The molecule has 1 aromatic rings. The van der Waals surface area contributed by atoms with E-state index in [2.05, 4.69) is 31.6 Å². The molecule has 0 fully saturated rings. The Hall–Kier alpha value is -4.69. The number of carbonyl (C=O) groups excluding carboxylic acids is 5. The van der Waals surface area contributed by atoms with Crippen LogP contribution in [-0.4, -0.2) is 78.3 Å². The van der Waals surface area contributed by atoms with E-state index < -0.39 is 60.6 Å². The summed E-state index contributed by atoms with van der Waals surface area (Å²) in [6.45, 7) is -0.341. The number of nitrogens with one attached hydrogen (secondary N) is 5. The summed E-state index contributed by atoms with van der Waals surface area (Å²) in [5.41, 5.74) is 11.5. The smallest absolute Gasteiger partial charge is 0.305 e. The second kappa shape index (κ2) is 14.8. The number of aliphatic imine (C=N–C) groups is 1. The fraction of sp³-hybridized carbons (Fsp3) is 0.435. The van der Waals surface area contributed by atoms with Gasteiger partial charge in [0.25, 0.3) is 5.91 Å². The van der Waals surface area contributed by atoms with Gasteiger partial charge in [-0.05, 0) is 30.5 Å². The zero-order valence-electron chi connectivity index (χ0n) is 20.6. The Labute approximate surface area is 218 Å². The molecule has 1 aromatic carbocycles. The molecule has 2 bridgehead atoms. The number of aliphatic carboxylic acids is 1. The number of rotatable bonds is 6. The van der Waals surface area contributed by atoms with Crippen molar-refractivity contribution >= 4 is 41.5 Å². The Balaban J connectivity index is 2.20. The van der Waals surface area contributed by atoms with E-state index >= 15 is 0 Å². The number of guanidine groups is 1. The van der Waals surface area contributed by atoms with Gasteiger partial charge < -0.3 is 43.2 Å². The van der Waals surface area contributed by atoms with E-state index in [0.29, 0.717) is 17.5 Å². The Bertz CT molecular complexity index is 1070. The van der Waals surface area contributed by atoms with Crippen LogP contribution in [0, 0.1) is 0 Å². The number of nitrogens with two attached hydrogens (primary N) is 2. The van der Waals surface area contributed by atoms with Crippen LogP contribution >= 0.6 is 0 Å². The minimum atomic E-state index is -1.40. The minimum absolute atomic E-state index is 0.0121. The van der Waals surface area contributed by atoms with E-state index in [1.165, 1.54) is 12.1 Å². The summed E-state index contributed by atoms with van der Waals surface area (Å²) in [4.78, 5) is 77.5. The van der Waals surface area contributed by atoms with Crippen molar-refractivity contribution in [1.29, 1.82) is 0 Å². The van der Waals surface area contributed by atoms with Crippen LogP contribution in [0.25, 0.3) is 0 Å². The normalized spacial score (nSPS) is 19.7. The average Bonchev–Trinajstić information content (AvgIpc) is 2.86. The van der Waals surface area contributed by atoms with E-state index in [1.807, 2.05) is 0 Å². The lowest BCUT2D eigenvalue weighted by Crippen LogP contribution is -2.52. The molecule has 15 heteroatoms. The van der Waals surface area contributed by atoms with Crippen molar-refractivity contribution in [3.05, 3.63) is 35.4 Å². The largest absolute Gasteiger partial charge is 0.481 e. The Morgan fingerprint density at radius 3 is 2.18 bits per heavy atom. The summed E-state index contributed by atoms with van der Waals surface area (Å²) in [6.07, 6.45) is -0.326. The van der Waals surface area contributed by atoms with Crippen LogP contribution in [0.3, 0.4) is 0 Å². The predicted octanol–water partition coefficient (Wildman–Crippen LogP) is -2.95. The molecule has 0 saturated heterocycles. The predicted molar refractivity (Wildman–Crippen MR) is 134 cm³/mol. The van der Waals surface area contributed by atoms with Crippen molar-refractivity contribution in [3.8, 4) is 0 Å². The molecular weight excluding hydrogens is 500 g/mol. The first-order valence-electron chi connectivity index (χ1n) is 11.8. The fourth-order valence-electron chi connectivity index (χ4n) is 3.44. The average molecular weight is 533 g/mol. The molecule has 5 amide bonds. The number of fused-ring (bicyclic) bond motifs is 17. The SMILES string of the molecule is NC(N)=NCCC[C@@H]1NC(=O)CCNC(=O)c2ccc(cc2)CNC(=O)[C@@H](CC(=O)O)NC(=O)CNC1=O. The molecule has 2 heterocycles. The molecule has 0 unspecified atom stereocenters. The summed E-state index contributed by atoms with van der Waals surface area (Å²) in [7, 11) is 0. The van der Waals surface area contributed by atoms with Crippen LogP contribution in [0.15, 0.2) is 29.3 Å². The molecule has 3 rings (SSSR count). The Morgan fingerprint density at radius 1 is 0.895 bits per heavy atom. The molecule has 2 aliphatic heterocycles. The van der Waals surface area contributed by atoms with Crippen molar-refractivity contribution in [3.63, 3.8) is 0 Å². The Kier molecular flexibility index (Phi) is 11.5. The van der Waals surface area contributed by atoms with Crippen molar-refractivity contribution in [1.82, 2.24) is 26.6 Å². The van der Waals surface area contributed by atoms with E-state index in [9.17, 15) is 28.8 Å². The quantitative estimate of drug-likeness (QED) is 0.0806. The fourth-order valence-corrected chi connectivity index (χ4v) is 3.44. The van der Waals surface area contributed by atoms with Gasteiger partial charge >= 0.3 is 5.97 Å². The highest BCUT2D eigenvalue weighted by molar-refractivity contribution is 5.95. The highest BCUT2D eigenvalue weighted by atomic mass is 16.4. The molecule has 0 aromatic heterocycles. The van der Waals surface area contributed by atoms with Gasteiger partial charge in [-0.25, -0.2) is 0 Å². The van der Waals surface area contributed by atoms with Crippen LogP contribution in [0.2, 0.25) is 0 Å². The number of amides is 5.